The molecule has 3 aromatic rings. The molecular weight excluding hydrogens is 290 g/mol. The number of rotatable bonds is 2. The summed E-state index contributed by atoms with van der Waals surface area (Å²) in [6.45, 7) is 3.57. The maximum atomic E-state index is 11.6. The van der Waals surface area contributed by atoms with Crippen LogP contribution in [0, 0.1) is 24.0 Å². The molecule has 0 aliphatic carbocycles. The molecule has 2 aromatic heterocycles. The largest absolute Gasteiger partial charge is 0.316 e. The van der Waals surface area contributed by atoms with Crippen molar-refractivity contribution in [1.82, 2.24) is 19.7 Å². The summed E-state index contributed by atoms with van der Waals surface area (Å²) in [6, 6.07) is 4.30. The molecule has 1 aromatic carbocycles. The summed E-state index contributed by atoms with van der Waals surface area (Å²) in [5.74, 6) is 0. The van der Waals surface area contributed by atoms with Gasteiger partial charge in [-0.3, -0.25) is 19.7 Å². The van der Waals surface area contributed by atoms with Crippen molar-refractivity contribution in [3.05, 3.63) is 60.4 Å². The van der Waals surface area contributed by atoms with E-state index in [0.29, 0.717) is 5.69 Å². The molecule has 0 spiro atoms. The highest BCUT2D eigenvalue weighted by molar-refractivity contribution is 5.85. The van der Waals surface area contributed by atoms with E-state index in [-0.39, 0.29) is 16.7 Å². The summed E-state index contributed by atoms with van der Waals surface area (Å²) in [6.07, 6.45) is 0. The van der Waals surface area contributed by atoms with Crippen LogP contribution in [-0.2, 0) is 0 Å². The van der Waals surface area contributed by atoms with Gasteiger partial charge in [-0.2, -0.15) is 5.10 Å². The number of nitro groups is 1. The van der Waals surface area contributed by atoms with E-state index >= 15 is 0 Å². The van der Waals surface area contributed by atoms with E-state index in [4.69, 9.17) is 0 Å². The number of fused-ring (bicyclic) bond motifs is 1. The number of aryl methyl sites for hydroxylation is 2. The lowest BCUT2D eigenvalue weighted by molar-refractivity contribution is -0.384. The molecule has 0 saturated carbocycles. The van der Waals surface area contributed by atoms with Crippen molar-refractivity contribution in [2.75, 3.05) is 0 Å². The van der Waals surface area contributed by atoms with Crippen LogP contribution in [0.1, 0.15) is 11.4 Å². The smallest absolute Gasteiger partial charge is 0.314 e. The summed E-state index contributed by atoms with van der Waals surface area (Å²) in [5, 5.41) is 15.3. The highest BCUT2D eigenvalue weighted by Crippen LogP contribution is 2.25. The molecule has 0 bridgehead atoms. The van der Waals surface area contributed by atoms with Crippen molar-refractivity contribution in [2.24, 2.45) is 0 Å². The standard InChI is InChI=1S/C13H11N5O4/c1-6-3-7(2)17(16-6)10-5-8(18(21)22)4-9-11(10)15-13(20)12(19)14-9/h3-5H,1-2H3,(H,14,19)(H,15,20). The zero-order valence-electron chi connectivity index (χ0n) is 11.7. The first-order valence-corrected chi connectivity index (χ1v) is 6.35. The fourth-order valence-corrected chi connectivity index (χ4v) is 2.34. The SMILES string of the molecule is Cc1cc(C)n(-c2cc([N+](=O)[O-])cc3[nH]c(=O)c(=O)[nH]c23)n1. The second-order valence-electron chi connectivity index (χ2n) is 4.89. The zero-order valence-corrected chi connectivity index (χ0v) is 11.7. The van der Waals surface area contributed by atoms with Gasteiger partial charge in [-0.15, -0.1) is 0 Å². The third-order valence-corrected chi connectivity index (χ3v) is 3.24. The number of aromatic nitrogens is 4. The Hall–Kier alpha value is -3.23. The Morgan fingerprint density at radius 2 is 1.82 bits per heavy atom. The lowest BCUT2D eigenvalue weighted by Gasteiger charge is -2.08. The number of H-pyrrole nitrogens is 2. The topological polar surface area (TPSA) is 127 Å². The van der Waals surface area contributed by atoms with Crippen LogP contribution in [0.5, 0.6) is 0 Å². The van der Waals surface area contributed by atoms with Gasteiger partial charge >= 0.3 is 11.1 Å². The Morgan fingerprint density at radius 3 is 2.41 bits per heavy atom. The minimum atomic E-state index is -0.868. The predicted molar refractivity (Wildman–Crippen MR) is 78.4 cm³/mol. The molecule has 9 heteroatoms. The van der Waals surface area contributed by atoms with Crippen molar-refractivity contribution in [1.29, 1.82) is 0 Å². The molecule has 22 heavy (non-hydrogen) atoms. The average Bonchev–Trinajstić information content (AvgIpc) is 2.77. The van der Waals surface area contributed by atoms with Gasteiger partial charge in [0.15, 0.2) is 0 Å². The van der Waals surface area contributed by atoms with Crippen LogP contribution < -0.4 is 11.1 Å². The highest BCUT2D eigenvalue weighted by Gasteiger charge is 2.17. The molecular formula is C13H11N5O4. The number of benzene rings is 1. The van der Waals surface area contributed by atoms with Crippen LogP contribution in [-0.4, -0.2) is 24.7 Å². The number of hydrogen-bond acceptors (Lipinski definition) is 5. The summed E-state index contributed by atoms with van der Waals surface area (Å²) in [7, 11) is 0. The Bertz CT molecular complexity index is 1030. The number of nitro benzene ring substituents is 1. The number of hydrogen-bond donors (Lipinski definition) is 2. The molecule has 0 atom stereocenters. The quantitative estimate of drug-likeness (QED) is 0.413. The van der Waals surface area contributed by atoms with Gasteiger partial charge in [0, 0.05) is 17.8 Å². The molecule has 2 heterocycles. The van der Waals surface area contributed by atoms with Crippen LogP contribution >= 0.6 is 0 Å². The van der Waals surface area contributed by atoms with E-state index in [0.717, 1.165) is 11.4 Å². The molecule has 0 fully saturated rings. The van der Waals surface area contributed by atoms with Crippen molar-refractivity contribution >= 4 is 16.7 Å². The Morgan fingerprint density at radius 1 is 1.14 bits per heavy atom. The van der Waals surface area contributed by atoms with Gasteiger partial charge in [0.25, 0.3) is 5.69 Å². The maximum absolute atomic E-state index is 11.6. The monoisotopic (exact) mass is 301 g/mol. The van der Waals surface area contributed by atoms with E-state index in [2.05, 4.69) is 15.1 Å². The van der Waals surface area contributed by atoms with Crippen LogP contribution in [0.2, 0.25) is 0 Å². The lowest BCUT2D eigenvalue weighted by Crippen LogP contribution is -2.29. The second-order valence-corrected chi connectivity index (χ2v) is 4.89. The van der Waals surface area contributed by atoms with Crippen molar-refractivity contribution in [3.8, 4) is 5.69 Å². The molecule has 0 amide bonds. The van der Waals surface area contributed by atoms with Gasteiger partial charge in [-0.05, 0) is 19.9 Å². The molecule has 0 aliphatic heterocycles. The van der Waals surface area contributed by atoms with Gasteiger partial charge in [0.1, 0.15) is 0 Å². The van der Waals surface area contributed by atoms with Crippen molar-refractivity contribution in [3.63, 3.8) is 0 Å². The van der Waals surface area contributed by atoms with Gasteiger partial charge in [-0.1, -0.05) is 0 Å². The van der Waals surface area contributed by atoms with Gasteiger partial charge in [0.05, 0.1) is 27.3 Å². The first kappa shape index (κ1) is 13.7. The summed E-state index contributed by atoms with van der Waals surface area (Å²) in [5.41, 5.74) is 0.329. The number of aromatic amines is 2. The zero-order chi connectivity index (χ0) is 16.0. The molecule has 9 nitrogen and oxygen atoms in total. The van der Waals surface area contributed by atoms with Crippen molar-refractivity contribution < 1.29 is 4.92 Å². The minimum Gasteiger partial charge on any atom is -0.316 e. The van der Waals surface area contributed by atoms with E-state index < -0.39 is 16.0 Å². The number of nitrogens with one attached hydrogen (secondary N) is 2. The van der Waals surface area contributed by atoms with E-state index in [1.807, 2.05) is 0 Å². The third kappa shape index (κ3) is 2.08. The van der Waals surface area contributed by atoms with E-state index in [9.17, 15) is 19.7 Å². The first-order chi connectivity index (χ1) is 10.4. The third-order valence-electron chi connectivity index (χ3n) is 3.24. The summed E-state index contributed by atoms with van der Waals surface area (Å²) < 4.78 is 1.49. The minimum absolute atomic E-state index is 0.168. The van der Waals surface area contributed by atoms with Crippen LogP contribution in [0.3, 0.4) is 0 Å². The lowest BCUT2D eigenvalue weighted by atomic mass is 10.2. The van der Waals surface area contributed by atoms with Crippen molar-refractivity contribution in [2.45, 2.75) is 13.8 Å². The highest BCUT2D eigenvalue weighted by atomic mass is 16.6. The van der Waals surface area contributed by atoms with Crippen LogP contribution in [0.4, 0.5) is 5.69 Å². The molecule has 0 aliphatic rings. The van der Waals surface area contributed by atoms with Gasteiger partial charge < -0.3 is 9.97 Å². The Kier molecular flexibility index (Phi) is 2.91. The molecule has 2 N–H and O–H groups in total. The van der Waals surface area contributed by atoms with Crippen LogP contribution in [0.15, 0.2) is 27.8 Å². The maximum Gasteiger partial charge on any atom is 0.314 e. The Labute approximate surface area is 122 Å². The average molecular weight is 301 g/mol. The molecule has 0 saturated heterocycles. The predicted octanol–water partition coefficient (Wildman–Crippen LogP) is 0.927. The Balaban J connectivity index is 2.48. The molecule has 0 unspecified atom stereocenters. The summed E-state index contributed by atoms with van der Waals surface area (Å²) >= 11 is 0. The fraction of sp³-hybridized carbons (Fsp3) is 0.154. The summed E-state index contributed by atoms with van der Waals surface area (Å²) in [4.78, 5) is 38.3. The van der Waals surface area contributed by atoms with E-state index in [1.54, 1.807) is 19.9 Å². The number of non-ortho nitro benzene ring substituents is 1. The van der Waals surface area contributed by atoms with Crippen LogP contribution in [0.25, 0.3) is 16.7 Å². The normalized spacial score (nSPS) is 11.0. The molecule has 0 radical (unpaired) electrons. The molecule has 3 rings (SSSR count). The number of nitrogens with zero attached hydrogens (tertiary/aromatic N) is 3. The molecule has 112 valence electrons. The van der Waals surface area contributed by atoms with Gasteiger partial charge in [0.2, 0.25) is 0 Å². The van der Waals surface area contributed by atoms with Gasteiger partial charge in [-0.25, -0.2) is 4.68 Å². The second kappa shape index (κ2) is 4.65. The van der Waals surface area contributed by atoms with E-state index in [1.165, 1.54) is 16.8 Å². The fourth-order valence-electron chi connectivity index (χ4n) is 2.34. The first-order valence-electron chi connectivity index (χ1n) is 6.35.